The van der Waals surface area contributed by atoms with Crippen LogP contribution >= 0.6 is 34.5 Å². The second-order valence-electron chi connectivity index (χ2n) is 2.05. The minimum atomic E-state index is -0.344. The Bertz CT molecular complexity index is 442. The molecule has 2 rings (SSSR count). The zero-order chi connectivity index (χ0) is 8.72. The summed E-state index contributed by atoms with van der Waals surface area (Å²) in [4.78, 5) is 7.95. The van der Waals surface area contributed by atoms with Gasteiger partial charge in [-0.2, -0.15) is 4.39 Å². The maximum atomic E-state index is 12.7. The fraction of sp³-hybridized carbons (Fsp3) is 0. The van der Waals surface area contributed by atoms with Crippen molar-refractivity contribution in [1.82, 2.24) is 9.97 Å². The quantitative estimate of drug-likeness (QED) is 0.506. The van der Waals surface area contributed by atoms with Crippen LogP contribution in [0.2, 0.25) is 10.4 Å². The van der Waals surface area contributed by atoms with Crippen molar-refractivity contribution in [2.75, 3.05) is 0 Å². The topological polar surface area (TPSA) is 25.8 Å². The predicted octanol–water partition coefficient (Wildman–Crippen LogP) is 3.14. The molecule has 0 aliphatic rings. The molecule has 0 radical (unpaired) electrons. The number of hydrogen-bond acceptors (Lipinski definition) is 3. The van der Waals surface area contributed by atoms with Gasteiger partial charge in [0.1, 0.15) is 9.98 Å². The monoisotopic (exact) mass is 222 g/mol. The van der Waals surface area contributed by atoms with Crippen molar-refractivity contribution in [2.24, 2.45) is 0 Å². The third-order valence-electron chi connectivity index (χ3n) is 1.29. The van der Waals surface area contributed by atoms with Gasteiger partial charge in [-0.15, -0.1) is 0 Å². The molecule has 0 atom stereocenters. The maximum Gasteiger partial charge on any atom is 0.225 e. The molecule has 6 heteroatoms. The van der Waals surface area contributed by atoms with E-state index in [1.54, 1.807) is 0 Å². The van der Waals surface area contributed by atoms with Crippen LogP contribution in [0.5, 0.6) is 0 Å². The molecule has 2 nitrogen and oxygen atoms in total. The largest absolute Gasteiger partial charge is 0.225 e. The first-order chi connectivity index (χ1) is 5.66. The molecule has 0 unspecified atom stereocenters. The maximum absolute atomic E-state index is 12.7. The van der Waals surface area contributed by atoms with Crippen LogP contribution in [0.15, 0.2) is 6.07 Å². The predicted molar refractivity (Wildman–Crippen MR) is 47.4 cm³/mol. The Morgan fingerprint density at radius 3 is 2.83 bits per heavy atom. The summed E-state index contributed by atoms with van der Waals surface area (Å²) in [5, 5.41) is 0.381. The van der Waals surface area contributed by atoms with E-state index >= 15 is 0 Å². The fourth-order valence-corrected chi connectivity index (χ4v) is 2.13. The zero-order valence-electron chi connectivity index (χ0n) is 5.51. The first-order valence-electron chi connectivity index (χ1n) is 2.95. The van der Waals surface area contributed by atoms with E-state index in [4.69, 9.17) is 23.2 Å². The van der Waals surface area contributed by atoms with Gasteiger partial charge in [-0.3, -0.25) is 0 Å². The molecule has 0 amide bonds. The van der Waals surface area contributed by atoms with Crippen molar-refractivity contribution in [3.05, 3.63) is 21.6 Å². The van der Waals surface area contributed by atoms with Crippen LogP contribution in [0.3, 0.4) is 0 Å². The minimum absolute atomic E-state index is 0.0364. The van der Waals surface area contributed by atoms with Crippen molar-refractivity contribution in [3.8, 4) is 0 Å². The van der Waals surface area contributed by atoms with Crippen LogP contribution in [0, 0.1) is 5.13 Å². The van der Waals surface area contributed by atoms with Gasteiger partial charge in [0, 0.05) is 0 Å². The first-order valence-corrected chi connectivity index (χ1v) is 4.52. The summed E-state index contributed by atoms with van der Waals surface area (Å²) in [6.45, 7) is 0. The Labute approximate surface area is 81.0 Å². The van der Waals surface area contributed by atoms with E-state index in [0.717, 1.165) is 11.3 Å². The van der Waals surface area contributed by atoms with Crippen LogP contribution in [0.1, 0.15) is 0 Å². The molecule has 2 heterocycles. The molecular weight excluding hydrogens is 222 g/mol. The van der Waals surface area contributed by atoms with Crippen LogP contribution in [0.4, 0.5) is 4.39 Å². The van der Waals surface area contributed by atoms with Gasteiger partial charge in [-0.1, -0.05) is 22.9 Å². The molecule has 62 valence electrons. The average molecular weight is 223 g/mol. The molecule has 0 bridgehead atoms. The molecule has 0 saturated carbocycles. The smallest absolute Gasteiger partial charge is 0.207 e. The lowest BCUT2D eigenvalue weighted by Crippen LogP contribution is -1.81. The molecule has 2 aromatic rings. The van der Waals surface area contributed by atoms with Gasteiger partial charge in [0.25, 0.3) is 0 Å². The summed E-state index contributed by atoms with van der Waals surface area (Å²) < 4.78 is 12.7. The standard InChI is InChI=1S/C6HCl2FN2S/c7-4-2-1-3(9)12-5(2)11-6(8)10-4/h1H. The van der Waals surface area contributed by atoms with E-state index in [2.05, 4.69) is 9.97 Å². The Hall–Kier alpha value is -0.450. The van der Waals surface area contributed by atoms with Gasteiger partial charge in [-0.05, 0) is 17.7 Å². The normalized spacial score (nSPS) is 10.9. The second-order valence-corrected chi connectivity index (χ2v) is 3.73. The van der Waals surface area contributed by atoms with Crippen molar-refractivity contribution < 1.29 is 4.39 Å². The lowest BCUT2D eigenvalue weighted by Gasteiger charge is -1.91. The SMILES string of the molecule is Fc1cc2c(Cl)nc(Cl)nc2s1. The third kappa shape index (κ3) is 1.26. The van der Waals surface area contributed by atoms with Gasteiger partial charge in [0.15, 0.2) is 5.13 Å². The van der Waals surface area contributed by atoms with Crippen LogP contribution in [0.25, 0.3) is 10.2 Å². The highest BCUT2D eigenvalue weighted by atomic mass is 35.5. The Morgan fingerprint density at radius 1 is 1.33 bits per heavy atom. The van der Waals surface area contributed by atoms with Gasteiger partial charge in [0.2, 0.25) is 5.28 Å². The highest BCUT2D eigenvalue weighted by molar-refractivity contribution is 7.17. The van der Waals surface area contributed by atoms with Crippen LogP contribution in [-0.4, -0.2) is 9.97 Å². The van der Waals surface area contributed by atoms with E-state index in [1.807, 2.05) is 0 Å². The van der Waals surface area contributed by atoms with Crippen molar-refractivity contribution >= 4 is 44.8 Å². The summed E-state index contributed by atoms with van der Waals surface area (Å²) >= 11 is 12.1. The fourth-order valence-electron chi connectivity index (χ4n) is 0.833. The molecule has 0 aromatic carbocycles. The summed E-state index contributed by atoms with van der Waals surface area (Å²) in [6, 6.07) is 1.29. The molecule has 0 fully saturated rings. The number of aromatic nitrogens is 2. The second kappa shape index (κ2) is 2.80. The van der Waals surface area contributed by atoms with Crippen LogP contribution in [-0.2, 0) is 0 Å². The molecule has 0 N–H and O–H groups in total. The summed E-state index contributed by atoms with van der Waals surface area (Å²) in [7, 11) is 0. The first kappa shape index (κ1) is 8.16. The third-order valence-corrected chi connectivity index (χ3v) is 2.56. The Kier molecular flexibility index (Phi) is 1.90. The molecule has 12 heavy (non-hydrogen) atoms. The summed E-state index contributed by atoms with van der Waals surface area (Å²) in [5.41, 5.74) is 0. The number of thiophene rings is 1. The highest BCUT2D eigenvalue weighted by Gasteiger charge is 2.08. The van der Waals surface area contributed by atoms with Crippen molar-refractivity contribution in [2.45, 2.75) is 0 Å². The Balaban J connectivity index is 2.88. The number of hydrogen-bond donors (Lipinski definition) is 0. The van der Waals surface area contributed by atoms with Crippen molar-refractivity contribution in [1.29, 1.82) is 0 Å². The number of fused-ring (bicyclic) bond motifs is 1. The average Bonchev–Trinajstić information content (AvgIpc) is 2.29. The molecule has 0 aliphatic heterocycles. The number of rotatable bonds is 0. The molecule has 0 aliphatic carbocycles. The highest BCUT2D eigenvalue weighted by Crippen LogP contribution is 2.28. The van der Waals surface area contributed by atoms with E-state index < -0.39 is 0 Å². The summed E-state index contributed by atoms with van der Waals surface area (Å²) in [6.07, 6.45) is 0. The number of nitrogens with zero attached hydrogens (tertiary/aromatic N) is 2. The number of halogens is 3. The van der Waals surface area contributed by atoms with Gasteiger partial charge in [0.05, 0.1) is 5.39 Å². The molecule has 0 saturated heterocycles. The van der Waals surface area contributed by atoms with E-state index in [9.17, 15) is 4.39 Å². The Morgan fingerprint density at radius 2 is 2.08 bits per heavy atom. The molecule has 2 aromatic heterocycles. The lowest BCUT2D eigenvalue weighted by molar-refractivity contribution is 0.658. The lowest BCUT2D eigenvalue weighted by atomic mass is 10.4. The van der Waals surface area contributed by atoms with Gasteiger partial charge in [-0.25, -0.2) is 9.97 Å². The molecule has 0 spiro atoms. The zero-order valence-corrected chi connectivity index (χ0v) is 7.84. The van der Waals surface area contributed by atoms with Gasteiger partial charge < -0.3 is 0 Å². The van der Waals surface area contributed by atoms with Gasteiger partial charge >= 0.3 is 0 Å². The summed E-state index contributed by atoms with van der Waals surface area (Å²) in [5.74, 6) is 0. The van der Waals surface area contributed by atoms with Crippen molar-refractivity contribution in [3.63, 3.8) is 0 Å². The minimum Gasteiger partial charge on any atom is -0.207 e. The van der Waals surface area contributed by atoms with E-state index in [-0.39, 0.29) is 15.6 Å². The van der Waals surface area contributed by atoms with Crippen LogP contribution < -0.4 is 0 Å². The van der Waals surface area contributed by atoms with E-state index in [1.165, 1.54) is 6.07 Å². The van der Waals surface area contributed by atoms with E-state index in [0.29, 0.717) is 10.2 Å². The molecular formula is C6HCl2FN2S.